The zero-order valence-electron chi connectivity index (χ0n) is 13.0. The van der Waals surface area contributed by atoms with Crippen molar-refractivity contribution in [1.82, 2.24) is 9.55 Å². The van der Waals surface area contributed by atoms with Gasteiger partial charge in [-0.1, -0.05) is 32.9 Å². The fourth-order valence-electron chi connectivity index (χ4n) is 1.94. The lowest BCUT2D eigenvalue weighted by atomic mass is 10.2. The van der Waals surface area contributed by atoms with Crippen LogP contribution >= 0.6 is 0 Å². The molecule has 0 aliphatic rings. The number of nitrogens with one attached hydrogen (secondary N) is 1. The van der Waals surface area contributed by atoms with Crippen molar-refractivity contribution in [3.63, 3.8) is 0 Å². The SMILES string of the molecule is CC(C)(C)[Si](C)(C)OCCn1c(=O)[nH]c2ccccc21. The molecule has 2 aromatic rings. The average molecular weight is 292 g/mol. The molecule has 5 heteroatoms. The van der Waals surface area contributed by atoms with Crippen molar-refractivity contribution >= 4 is 19.4 Å². The number of nitrogens with zero attached hydrogens (tertiary/aromatic N) is 1. The number of benzene rings is 1. The second-order valence-corrected chi connectivity index (χ2v) is 11.5. The molecule has 0 aliphatic carbocycles. The first-order valence-corrected chi connectivity index (χ1v) is 9.95. The Hall–Kier alpha value is -1.33. The molecule has 0 saturated carbocycles. The summed E-state index contributed by atoms with van der Waals surface area (Å²) in [6, 6.07) is 7.75. The maximum absolute atomic E-state index is 12.0. The largest absolute Gasteiger partial charge is 0.415 e. The fraction of sp³-hybridized carbons (Fsp3) is 0.533. The first-order chi connectivity index (χ1) is 9.22. The summed E-state index contributed by atoms with van der Waals surface area (Å²) in [7, 11) is -1.75. The van der Waals surface area contributed by atoms with Gasteiger partial charge in [-0.05, 0) is 30.3 Å². The highest BCUT2D eigenvalue weighted by Gasteiger charge is 2.36. The highest BCUT2D eigenvalue weighted by molar-refractivity contribution is 6.74. The van der Waals surface area contributed by atoms with E-state index < -0.39 is 8.32 Å². The number of para-hydroxylation sites is 2. The van der Waals surface area contributed by atoms with E-state index in [0.29, 0.717) is 13.2 Å². The Morgan fingerprint density at radius 3 is 2.55 bits per heavy atom. The van der Waals surface area contributed by atoms with E-state index >= 15 is 0 Å². The van der Waals surface area contributed by atoms with Crippen molar-refractivity contribution < 1.29 is 4.43 Å². The Balaban J connectivity index is 2.11. The zero-order chi connectivity index (χ0) is 15.0. The molecular weight excluding hydrogens is 268 g/mol. The molecule has 0 fully saturated rings. The minimum absolute atomic E-state index is 0.0648. The Bertz CT molecular complexity index is 650. The van der Waals surface area contributed by atoms with Gasteiger partial charge in [0.1, 0.15) is 0 Å². The van der Waals surface area contributed by atoms with Gasteiger partial charge in [0.25, 0.3) is 0 Å². The summed E-state index contributed by atoms with van der Waals surface area (Å²) in [5, 5.41) is 0.193. The molecule has 0 unspecified atom stereocenters. The molecule has 0 amide bonds. The monoisotopic (exact) mass is 292 g/mol. The van der Waals surface area contributed by atoms with Crippen LogP contribution in [-0.4, -0.2) is 24.5 Å². The van der Waals surface area contributed by atoms with Gasteiger partial charge in [0, 0.05) is 6.54 Å². The molecule has 1 aromatic heterocycles. The molecule has 1 aromatic carbocycles. The molecule has 4 nitrogen and oxygen atoms in total. The number of aromatic amines is 1. The predicted molar refractivity (Wildman–Crippen MR) is 85.7 cm³/mol. The standard InChI is InChI=1S/C15H24N2O2Si/c1-15(2,3)20(4,5)19-11-10-17-13-9-7-6-8-12(13)16-14(17)18/h6-9H,10-11H2,1-5H3,(H,16,18). The predicted octanol–water partition coefficient (Wildman–Crippen LogP) is 3.35. The topological polar surface area (TPSA) is 47.0 Å². The summed E-state index contributed by atoms with van der Waals surface area (Å²) in [5.41, 5.74) is 1.76. The van der Waals surface area contributed by atoms with Crippen molar-refractivity contribution in [1.29, 1.82) is 0 Å². The van der Waals surface area contributed by atoms with Gasteiger partial charge in [-0.15, -0.1) is 0 Å². The second-order valence-electron chi connectivity index (χ2n) is 6.71. The average Bonchev–Trinajstić information content (AvgIpc) is 2.64. The van der Waals surface area contributed by atoms with Crippen molar-refractivity contribution in [2.24, 2.45) is 0 Å². The Labute approximate surface area is 120 Å². The third kappa shape index (κ3) is 2.88. The van der Waals surface area contributed by atoms with E-state index in [-0.39, 0.29) is 10.7 Å². The van der Waals surface area contributed by atoms with Crippen LogP contribution in [-0.2, 0) is 11.0 Å². The molecule has 2 rings (SSSR count). The summed E-state index contributed by atoms with van der Waals surface area (Å²) in [5.74, 6) is 0. The van der Waals surface area contributed by atoms with E-state index in [0.717, 1.165) is 11.0 Å². The second kappa shape index (κ2) is 5.22. The van der Waals surface area contributed by atoms with Gasteiger partial charge in [-0.2, -0.15) is 0 Å². The minimum atomic E-state index is -1.75. The van der Waals surface area contributed by atoms with Gasteiger partial charge in [-0.25, -0.2) is 4.79 Å². The number of hydrogen-bond acceptors (Lipinski definition) is 2. The number of H-pyrrole nitrogens is 1. The van der Waals surface area contributed by atoms with Gasteiger partial charge in [0.15, 0.2) is 8.32 Å². The van der Waals surface area contributed by atoms with Crippen LogP contribution in [0.5, 0.6) is 0 Å². The van der Waals surface area contributed by atoms with Crippen LogP contribution in [0.3, 0.4) is 0 Å². The van der Waals surface area contributed by atoms with Gasteiger partial charge in [0.2, 0.25) is 0 Å². The normalized spacial score (nSPS) is 13.1. The molecule has 20 heavy (non-hydrogen) atoms. The van der Waals surface area contributed by atoms with Crippen LogP contribution in [0.4, 0.5) is 0 Å². The molecule has 0 spiro atoms. The van der Waals surface area contributed by atoms with Crippen molar-refractivity contribution in [3.8, 4) is 0 Å². The van der Waals surface area contributed by atoms with Crippen molar-refractivity contribution in [3.05, 3.63) is 34.7 Å². The zero-order valence-corrected chi connectivity index (χ0v) is 14.0. The molecule has 1 heterocycles. The van der Waals surface area contributed by atoms with Crippen LogP contribution < -0.4 is 5.69 Å². The maximum atomic E-state index is 12.0. The number of fused-ring (bicyclic) bond motifs is 1. The summed E-state index contributed by atoms with van der Waals surface area (Å²) < 4.78 is 7.89. The summed E-state index contributed by atoms with van der Waals surface area (Å²) in [6.45, 7) is 12.3. The van der Waals surface area contributed by atoms with Crippen LogP contribution in [0.25, 0.3) is 11.0 Å². The molecule has 110 valence electrons. The molecule has 0 saturated heterocycles. The highest BCUT2D eigenvalue weighted by Crippen LogP contribution is 2.36. The Kier molecular flexibility index (Phi) is 3.93. The highest BCUT2D eigenvalue weighted by atomic mass is 28.4. The number of rotatable bonds is 4. The molecule has 0 bridgehead atoms. The number of imidazole rings is 1. The van der Waals surface area contributed by atoms with E-state index in [1.165, 1.54) is 0 Å². The van der Waals surface area contributed by atoms with Crippen molar-refractivity contribution in [2.75, 3.05) is 6.61 Å². The fourth-order valence-corrected chi connectivity index (χ4v) is 2.97. The van der Waals surface area contributed by atoms with E-state index in [1.54, 1.807) is 4.57 Å². The summed E-state index contributed by atoms with van der Waals surface area (Å²) in [4.78, 5) is 14.8. The molecule has 0 aliphatic heterocycles. The third-order valence-electron chi connectivity index (χ3n) is 4.27. The van der Waals surface area contributed by atoms with E-state index in [1.807, 2.05) is 24.3 Å². The molecule has 0 radical (unpaired) electrons. The summed E-state index contributed by atoms with van der Waals surface area (Å²) in [6.07, 6.45) is 0. The van der Waals surface area contributed by atoms with Crippen LogP contribution in [0.1, 0.15) is 20.8 Å². The third-order valence-corrected chi connectivity index (χ3v) is 8.80. The van der Waals surface area contributed by atoms with Crippen molar-refractivity contribution in [2.45, 2.75) is 45.4 Å². The van der Waals surface area contributed by atoms with Gasteiger partial charge in [-0.3, -0.25) is 4.57 Å². The number of aromatic nitrogens is 2. The smallest absolute Gasteiger partial charge is 0.326 e. The van der Waals surface area contributed by atoms with Gasteiger partial charge >= 0.3 is 5.69 Å². The van der Waals surface area contributed by atoms with E-state index in [4.69, 9.17) is 4.43 Å². The number of hydrogen-bond donors (Lipinski definition) is 1. The Morgan fingerprint density at radius 2 is 1.90 bits per heavy atom. The lowest BCUT2D eigenvalue weighted by molar-refractivity contribution is 0.272. The van der Waals surface area contributed by atoms with E-state index in [9.17, 15) is 4.79 Å². The van der Waals surface area contributed by atoms with Crippen LogP contribution in [0, 0.1) is 0 Å². The molecular formula is C15H24N2O2Si. The lowest BCUT2D eigenvalue weighted by Crippen LogP contribution is -2.41. The van der Waals surface area contributed by atoms with Crippen LogP contribution in [0.15, 0.2) is 29.1 Å². The lowest BCUT2D eigenvalue weighted by Gasteiger charge is -2.36. The van der Waals surface area contributed by atoms with Gasteiger partial charge < -0.3 is 9.41 Å². The van der Waals surface area contributed by atoms with Crippen LogP contribution in [0.2, 0.25) is 18.1 Å². The first-order valence-electron chi connectivity index (χ1n) is 7.04. The van der Waals surface area contributed by atoms with Gasteiger partial charge in [0.05, 0.1) is 17.6 Å². The summed E-state index contributed by atoms with van der Waals surface area (Å²) >= 11 is 0. The minimum Gasteiger partial charge on any atom is -0.415 e. The maximum Gasteiger partial charge on any atom is 0.326 e. The molecule has 1 N–H and O–H groups in total. The Morgan fingerprint density at radius 1 is 1.25 bits per heavy atom. The quantitative estimate of drug-likeness (QED) is 0.878. The molecule has 0 atom stereocenters. The van der Waals surface area contributed by atoms with E-state index in [2.05, 4.69) is 38.8 Å². The first kappa shape index (κ1) is 15.1.